The van der Waals surface area contributed by atoms with Gasteiger partial charge in [-0.2, -0.15) is 4.98 Å². The summed E-state index contributed by atoms with van der Waals surface area (Å²) in [4.78, 5) is 28.3. The van der Waals surface area contributed by atoms with Gasteiger partial charge in [0.25, 0.3) is 5.69 Å². The number of carbonyl (C=O) groups is 1. The van der Waals surface area contributed by atoms with E-state index in [0.29, 0.717) is 40.8 Å². The van der Waals surface area contributed by atoms with E-state index in [1.165, 1.54) is 12.1 Å². The maximum absolute atomic E-state index is 12.9. The Morgan fingerprint density at radius 1 is 1.09 bits per heavy atom. The van der Waals surface area contributed by atoms with E-state index < -0.39 is 11.0 Å². The molecule has 1 aliphatic heterocycles. The summed E-state index contributed by atoms with van der Waals surface area (Å²) < 4.78 is 12.4. The van der Waals surface area contributed by atoms with E-state index in [-0.39, 0.29) is 11.5 Å². The summed E-state index contributed by atoms with van der Waals surface area (Å²) in [5.41, 5.74) is 2.86. The van der Waals surface area contributed by atoms with Gasteiger partial charge in [-0.15, -0.1) is 5.10 Å². The Morgan fingerprint density at radius 2 is 1.79 bits per heavy atom. The van der Waals surface area contributed by atoms with Crippen molar-refractivity contribution in [2.24, 2.45) is 0 Å². The van der Waals surface area contributed by atoms with Crippen molar-refractivity contribution < 1.29 is 19.2 Å². The average Bonchev–Trinajstić information content (AvgIpc) is 3.26. The molecule has 33 heavy (non-hydrogen) atoms. The monoisotopic (exact) mass is 447 g/mol. The van der Waals surface area contributed by atoms with Crippen molar-refractivity contribution in [3.63, 3.8) is 0 Å². The summed E-state index contributed by atoms with van der Waals surface area (Å²) in [6.07, 6.45) is 1.93. The Morgan fingerprint density at radius 3 is 2.42 bits per heavy atom. The minimum absolute atomic E-state index is 0.0140. The van der Waals surface area contributed by atoms with Crippen LogP contribution in [-0.4, -0.2) is 39.7 Å². The molecule has 1 N–H and O–H groups in total. The fourth-order valence-corrected chi connectivity index (χ4v) is 4.30. The number of benzene rings is 2. The predicted octanol–water partition coefficient (Wildman–Crippen LogP) is 3.89. The molecule has 5 rings (SSSR count). The second-order valence-corrected chi connectivity index (χ2v) is 7.85. The molecule has 0 saturated carbocycles. The number of nitro benzene ring substituents is 1. The van der Waals surface area contributed by atoms with Gasteiger partial charge in [0.15, 0.2) is 11.6 Å². The molecule has 2 heterocycles. The molecule has 1 atom stereocenters. The highest BCUT2D eigenvalue weighted by atomic mass is 16.6. The van der Waals surface area contributed by atoms with Gasteiger partial charge in [0, 0.05) is 41.5 Å². The third-order valence-corrected chi connectivity index (χ3v) is 5.90. The lowest BCUT2D eigenvalue weighted by Crippen LogP contribution is -2.31. The molecule has 10 heteroatoms. The SMILES string of the molecule is COc1cc(OC)cc(-c2nc3n(n2)C(c2ccc([N+](=O)[O-])cc2)C2=C(CCCC2=O)N3)c1. The molecule has 1 unspecified atom stereocenters. The van der Waals surface area contributed by atoms with E-state index in [4.69, 9.17) is 14.6 Å². The fraction of sp³-hybridized carbons (Fsp3) is 0.261. The third-order valence-electron chi connectivity index (χ3n) is 5.90. The maximum Gasteiger partial charge on any atom is 0.269 e. The number of nitrogens with one attached hydrogen (secondary N) is 1. The first-order valence-electron chi connectivity index (χ1n) is 10.5. The van der Waals surface area contributed by atoms with Gasteiger partial charge in [0.1, 0.15) is 17.5 Å². The number of aromatic nitrogens is 3. The molecule has 168 valence electrons. The highest BCUT2D eigenvalue weighted by Crippen LogP contribution is 2.41. The Hall–Kier alpha value is -4.21. The molecule has 0 amide bonds. The molecule has 3 aromatic rings. The number of hydrogen-bond donors (Lipinski definition) is 1. The number of anilines is 1. The average molecular weight is 447 g/mol. The number of nitrogens with zero attached hydrogens (tertiary/aromatic N) is 4. The standard InChI is InChI=1S/C23H21N5O5/c1-32-16-10-14(11-17(12-16)33-2)22-25-23-24-18-4-3-5-19(29)20(18)21(27(23)26-22)13-6-8-15(9-7-13)28(30)31/h6-12,21H,3-5H2,1-2H3,(H,24,25,26). The Balaban J connectivity index is 1.64. The van der Waals surface area contributed by atoms with Crippen LogP contribution in [-0.2, 0) is 4.79 Å². The lowest BCUT2D eigenvalue weighted by molar-refractivity contribution is -0.384. The van der Waals surface area contributed by atoms with E-state index in [9.17, 15) is 14.9 Å². The molecule has 2 aromatic carbocycles. The second-order valence-electron chi connectivity index (χ2n) is 7.85. The number of hydrogen-bond acceptors (Lipinski definition) is 8. The number of nitro groups is 1. The molecule has 0 bridgehead atoms. The lowest BCUT2D eigenvalue weighted by atomic mass is 9.85. The summed E-state index contributed by atoms with van der Waals surface area (Å²) in [6.45, 7) is 0. The fourth-order valence-electron chi connectivity index (χ4n) is 4.30. The van der Waals surface area contributed by atoms with E-state index in [2.05, 4.69) is 10.3 Å². The van der Waals surface area contributed by atoms with Crippen molar-refractivity contribution in [1.29, 1.82) is 0 Å². The highest BCUT2D eigenvalue weighted by Gasteiger charge is 2.37. The summed E-state index contributed by atoms with van der Waals surface area (Å²) in [5, 5.41) is 19.1. The zero-order valence-electron chi connectivity index (χ0n) is 18.1. The lowest BCUT2D eigenvalue weighted by Gasteiger charge is -2.32. The molecular formula is C23H21N5O5. The van der Waals surface area contributed by atoms with E-state index in [0.717, 1.165) is 24.1 Å². The number of allylic oxidation sites excluding steroid dienone is 2. The third kappa shape index (κ3) is 3.59. The largest absolute Gasteiger partial charge is 0.497 e. The normalized spacial score (nSPS) is 17.2. The van der Waals surface area contributed by atoms with Gasteiger partial charge < -0.3 is 14.8 Å². The minimum atomic E-state index is -0.529. The van der Waals surface area contributed by atoms with Crippen LogP contribution < -0.4 is 14.8 Å². The number of ketones is 1. The van der Waals surface area contributed by atoms with Crippen molar-refractivity contribution in [2.75, 3.05) is 19.5 Å². The van der Waals surface area contributed by atoms with Crippen LogP contribution in [0.15, 0.2) is 53.7 Å². The van der Waals surface area contributed by atoms with E-state index in [1.807, 2.05) is 12.1 Å². The number of non-ortho nitro benzene ring substituents is 1. The number of ether oxygens (including phenoxy) is 2. The van der Waals surface area contributed by atoms with Gasteiger partial charge in [0.05, 0.1) is 19.1 Å². The molecule has 0 radical (unpaired) electrons. The van der Waals surface area contributed by atoms with Crippen molar-refractivity contribution >= 4 is 17.4 Å². The number of methoxy groups -OCH3 is 2. The topological polar surface area (TPSA) is 121 Å². The van der Waals surface area contributed by atoms with Gasteiger partial charge in [-0.1, -0.05) is 0 Å². The molecule has 2 aliphatic rings. The number of Topliss-reactive ketones (excluding diaryl/α,β-unsaturated/α-hetero) is 1. The van der Waals surface area contributed by atoms with Gasteiger partial charge >= 0.3 is 0 Å². The Labute approximate surface area is 189 Å². The van der Waals surface area contributed by atoms with E-state index in [1.54, 1.807) is 37.1 Å². The number of carbonyl (C=O) groups excluding carboxylic acids is 1. The first-order valence-corrected chi connectivity index (χ1v) is 10.5. The first kappa shape index (κ1) is 20.7. The highest BCUT2D eigenvalue weighted by molar-refractivity contribution is 5.99. The van der Waals surface area contributed by atoms with Crippen molar-refractivity contribution in [1.82, 2.24) is 14.8 Å². The van der Waals surface area contributed by atoms with Crippen molar-refractivity contribution in [2.45, 2.75) is 25.3 Å². The van der Waals surface area contributed by atoms with Gasteiger partial charge in [-0.05, 0) is 42.7 Å². The second kappa shape index (κ2) is 8.05. The quantitative estimate of drug-likeness (QED) is 0.462. The van der Waals surface area contributed by atoms with E-state index >= 15 is 0 Å². The molecule has 0 fully saturated rings. The van der Waals surface area contributed by atoms with Gasteiger partial charge in [-0.3, -0.25) is 14.9 Å². The van der Waals surface area contributed by atoms with Crippen LogP contribution in [0.4, 0.5) is 11.6 Å². The van der Waals surface area contributed by atoms with Crippen LogP contribution in [0.5, 0.6) is 11.5 Å². The number of rotatable bonds is 5. The van der Waals surface area contributed by atoms with Crippen LogP contribution in [0.3, 0.4) is 0 Å². The van der Waals surface area contributed by atoms with Crippen LogP contribution in [0.2, 0.25) is 0 Å². The van der Waals surface area contributed by atoms with Crippen LogP contribution in [0.25, 0.3) is 11.4 Å². The molecule has 0 saturated heterocycles. The van der Waals surface area contributed by atoms with Crippen LogP contribution in [0, 0.1) is 10.1 Å². The maximum atomic E-state index is 12.9. The minimum Gasteiger partial charge on any atom is -0.497 e. The molecule has 10 nitrogen and oxygen atoms in total. The smallest absolute Gasteiger partial charge is 0.269 e. The molecule has 0 spiro atoms. The van der Waals surface area contributed by atoms with Crippen molar-refractivity contribution in [3.8, 4) is 22.9 Å². The zero-order chi connectivity index (χ0) is 23.1. The Bertz CT molecular complexity index is 1270. The molecular weight excluding hydrogens is 426 g/mol. The summed E-state index contributed by atoms with van der Waals surface area (Å²) >= 11 is 0. The van der Waals surface area contributed by atoms with Crippen LogP contribution >= 0.6 is 0 Å². The van der Waals surface area contributed by atoms with Crippen LogP contribution in [0.1, 0.15) is 30.9 Å². The summed E-state index contributed by atoms with van der Waals surface area (Å²) in [5.74, 6) is 2.18. The summed E-state index contributed by atoms with van der Waals surface area (Å²) in [6, 6.07) is 11.1. The van der Waals surface area contributed by atoms with Crippen molar-refractivity contribution in [3.05, 3.63) is 69.4 Å². The van der Waals surface area contributed by atoms with Gasteiger partial charge in [-0.25, -0.2) is 4.68 Å². The predicted molar refractivity (Wildman–Crippen MR) is 119 cm³/mol. The number of fused-ring (bicyclic) bond motifs is 1. The first-order chi connectivity index (χ1) is 16.0. The molecule has 1 aromatic heterocycles. The summed E-state index contributed by atoms with van der Waals surface area (Å²) in [7, 11) is 3.14. The molecule has 1 aliphatic carbocycles. The zero-order valence-corrected chi connectivity index (χ0v) is 18.1. The van der Waals surface area contributed by atoms with Gasteiger partial charge in [0.2, 0.25) is 5.95 Å². The Kier molecular flexibility index (Phi) is 5.04.